The van der Waals surface area contributed by atoms with Gasteiger partial charge in [0.25, 0.3) is 0 Å². The molecule has 0 saturated heterocycles. The summed E-state index contributed by atoms with van der Waals surface area (Å²) in [5.74, 6) is 0. The molecule has 7 heteroatoms. The van der Waals surface area contributed by atoms with Gasteiger partial charge >= 0.3 is 0 Å². The number of hydrogen-bond acceptors (Lipinski definition) is 2. The molecule has 0 aliphatic rings. The molecule has 0 amide bonds. The quantitative estimate of drug-likeness (QED) is 0.192. The number of fused-ring (bicyclic) bond motifs is 24. The van der Waals surface area contributed by atoms with Crippen molar-refractivity contribution in [3.63, 3.8) is 0 Å². The van der Waals surface area contributed by atoms with Gasteiger partial charge in [-0.05, 0) is 138 Å². The molecular weight excluding hydrogens is 1180 g/mol. The van der Waals surface area contributed by atoms with Gasteiger partial charge in [0.15, 0.2) is 0 Å². The third-order valence-corrected chi connectivity index (χ3v) is 19.7. The van der Waals surface area contributed by atoms with Crippen molar-refractivity contribution in [3.05, 3.63) is 296 Å². The summed E-state index contributed by atoms with van der Waals surface area (Å²) in [7, 11) is 0. The van der Waals surface area contributed by atoms with Crippen LogP contribution in [0.25, 0.3) is 192 Å². The van der Waals surface area contributed by atoms with Crippen LogP contribution in [0.15, 0.2) is 304 Å². The van der Waals surface area contributed by atoms with Crippen LogP contribution in [0.1, 0.15) is 0 Å². The van der Waals surface area contributed by atoms with Gasteiger partial charge in [-0.25, -0.2) is 0 Å². The fraction of sp³-hybridized carbons (Fsp3) is 0. The van der Waals surface area contributed by atoms with E-state index in [1.54, 1.807) is 0 Å². The second kappa shape index (κ2) is 19.2. The second-order valence-electron chi connectivity index (χ2n) is 24.1. The molecule has 8 aromatic heterocycles. The molecule has 424 valence electrons. The molecule has 91 heavy (non-hydrogen) atoms. The van der Waals surface area contributed by atoms with Crippen molar-refractivity contribution in [2.75, 3.05) is 0 Å². The number of H-pyrrole nitrogens is 1. The SMILES string of the molecule is Brc1ccc2c(c1)oc1ccccc12.c1ccc2c(c1)[nH]c1ccc(-c3cc4c5ccccc5n5c6ccccc6c(c3)c45)cc12.c1ccc2c(c1)oc1cc(-n3c4ccccc4c4cc(-c5ccc6c7cccc8c9ccccc9n(c6c5)c87)ccc43)ccc12. The molecule has 6 nitrogen and oxygen atoms in total. The van der Waals surface area contributed by atoms with E-state index in [2.05, 4.69) is 283 Å². The highest BCUT2D eigenvalue weighted by molar-refractivity contribution is 9.10. The fourth-order valence-corrected chi connectivity index (χ4v) is 15.6. The standard InChI is InChI=1S/C42H24N2O.C30H18N2.C12H7BrO/c1-5-14-37-28(8-1)33-11-7-12-34-30-19-16-26(23-39(30)44(37)42(33)34)25-17-21-38-35(22-25)29-9-2-4-13-36(29)43(38)27-18-20-32-31-10-3-6-15-40(31)45-41(32)24-27;1-4-10-26-20(7-1)23-15-18(13-14-27(23)31-26)19-16-24-21-8-2-5-11-28(21)32-29-12-6-3-9-22(29)25(17-19)30(24)32;13-8-5-6-10-9-3-1-2-4-11(9)14-12(10)7-8/h1-24H;1-17,31H;1-7H. The molecular formula is C84H49BrN4O2. The Morgan fingerprint density at radius 1 is 0.242 bits per heavy atom. The molecule has 1 N–H and O–H groups in total. The van der Waals surface area contributed by atoms with E-state index in [1.165, 1.54) is 153 Å². The van der Waals surface area contributed by atoms with E-state index in [9.17, 15) is 0 Å². The largest absolute Gasteiger partial charge is 0.456 e. The lowest BCUT2D eigenvalue weighted by atomic mass is 9.98. The van der Waals surface area contributed by atoms with Gasteiger partial charge in [-0.2, -0.15) is 0 Å². The van der Waals surface area contributed by atoms with Crippen LogP contribution < -0.4 is 0 Å². The van der Waals surface area contributed by atoms with Crippen molar-refractivity contribution in [1.29, 1.82) is 0 Å². The predicted octanol–water partition coefficient (Wildman–Crippen LogP) is 24.0. The summed E-state index contributed by atoms with van der Waals surface area (Å²) in [6, 6.07) is 105. The number of rotatable bonds is 3. The normalized spacial score (nSPS) is 12.2. The molecule has 0 saturated carbocycles. The van der Waals surface area contributed by atoms with Crippen molar-refractivity contribution in [1.82, 2.24) is 18.4 Å². The highest BCUT2D eigenvalue weighted by atomic mass is 79.9. The molecule has 8 heterocycles. The van der Waals surface area contributed by atoms with Crippen LogP contribution in [0.2, 0.25) is 0 Å². The summed E-state index contributed by atoms with van der Waals surface area (Å²) in [5.41, 5.74) is 22.2. The minimum Gasteiger partial charge on any atom is -0.456 e. The van der Waals surface area contributed by atoms with E-state index in [1.807, 2.05) is 42.5 Å². The predicted molar refractivity (Wildman–Crippen MR) is 385 cm³/mol. The van der Waals surface area contributed by atoms with Gasteiger partial charge < -0.3 is 27.2 Å². The van der Waals surface area contributed by atoms with Crippen LogP contribution >= 0.6 is 15.9 Å². The maximum absolute atomic E-state index is 6.28. The van der Waals surface area contributed by atoms with Crippen LogP contribution in [0, 0.1) is 0 Å². The lowest BCUT2D eigenvalue weighted by molar-refractivity contribution is 0.668. The van der Waals surface area contributed by atoms with Crippen molar-refractivity contribution in [3.8, 4) is 27.9 Å². The van der Waals surface area contributed by atoms with Gasteiger partial charge in [0.1, 0.15) is 22.3 Å². The molecule has 0 spiro atoms. The smallest absolute Gasteiger partial charge is 0.137 e. The number of nitrogens with one attached hydrogen (secondary N) is 1. The first-order valence-corrected chi connectivity index (χ1v) is 31.7. The highest BCUT2D eigenvalue weighted by Gasteiger charge is 2.22. The number of aromatic amines is 1. The Kier molecular flexibility index (Phi) is 10.6. The lowest BCUT2D eigenvalue weighted by Gasteiger charge is -2.09. The molecule has 22 rings (SSSR count). The van der Waals surface area contributed by atoms with Gasteiger partial charge in [-0.1, -0.05) is 186 Å². The highest BCUT2D eigenvalue weighted by Crippen LogP contribution is 2.45. The van der Waals surface area contributed by atoms with Crippen molar-refractivity contribution >= 4 is 180 Å². The molecule has 0 atom stereocenters. The molecule has 0 aliphatic carbocycles. The molecule has 0 unspecified atom stereocenters. The van der Waals surface area contributed by atoms with E-state index in [0.717, 1.165) is 43.3 Å². The van der Waals surface area contributed by atoms with E-state index < -0.39 is 0 Å². The topological polar surface area (TPSA) is 55.8 Å². The van der Waals surface area contributed by atoms with Gasteiger partial charge in [0.05, 0.1) is 44.1 Å². The summed E-state index contributed by atoms with van der Waals surface area (Å²) in [5, 5.41) is 20.2. The first kappa shape index (κ1) is 50.4. The van der Waals surface area contributed by atoms with Gasteiger partial charge in [-0.3, -0.25) is 0 Å². The van der Waals surface area contributed by atoms with Crippen molar-refractivity contribution in [2.45, 2.75) is 0 Å². The van der Waals surface area contributed by atoms with E-state index in [-0.39, 0.29) is 0 Å². The number of hydrogen-bond donors (Lipinski definition) is 1. The Bertz CT molecular complexity index is 6660. The Labute approximate surface area is 527 Å². The van der Waals surface area contributed by atoms with Crippen molar-refractivity contribution in [2.24, 2.45) is 0 Å². The zero-order valence-corrected chi connectivity index (χ0v) is 50.3. The molecule has 14 aromatic carbocycles. The Morgan fingerprint density at radius 2 is 0.659 bits per heavy atom. The molecule has 0 aliphatic heterocycles. The summed E-state index contributed by atoms with van der Waals surface area (Å²) in [6.07, 6.45) is 0. The van der Waals surface area contributed by atoms with E-state index >= 15 is 0 Å². The minimum atomic E-state index is 0.905. The van der Waals surface area contributed by atoms with Crippen LogP contribution in [0.3, 0.4) is 0 Å². The van der Waals surface area contributed by atoms with Crippen LogP contribution in [0.5, 0.6) is 0 Å². The third kappa shape index (κ3) is 7.41. The summed E-state index contributed by atoms with van der Waals surface area (Å²) >= 11 is 3.43. The molecule has 0 fully saturated rings. The number of aromatic nitrogens is 4. The van der Waals surface area contributed by atoms with E-state index in [4.69, 9.17) is 8.83 Å². The summed E-state index contributed by atoms with van der Waals surface area (Å²) in [6.45, 7) is 0. The zero-order valence-electron chi connectivity index (χ0n) is 48.7. The first-order chi connectivity index (χ1) is 45.0. The van der Waals surface area contributed by atoms with Gasteiger partial charge in [0, 0.05) is 113 Å². The van der Waals surface area contributed by atoms with Crippen LogP contribution in [-0.4, -0.2) is 18.4 Å². The molecule has 0 bridgehead atoms. The Balaban J connectivity index is 0.000000108. The average molecular weight is 1230 g/mol. The maximum atomic E-state index is 6.28. The monoisotopic (exact) mass is 1220 g/mol. The molecule has 22 aromatic rings. The maximum Gasteiger partial charge on any atom is 0.137 e. The number of halogens is 1. The summed E-state index contributed by atoms with van der Waals surface area (Å²) < 4.78 is 20.3. The third-order valence-electron chi connectivity index (χ3n) is 19.2. The second-order valence-corrected chi connectivity index (χ2v) is 25.0. The number of para-hydroxylation sites is 8. The number of furan rings is 2. The lowest BCUT2D eigenvalue weighted by Crippen LogP contribution is -1.93. The van der Waals surface area contributed by atoms with Crippen LogP contribution in [-0.2, 0) is 0 Å². The average Bonchev–Trinajstić information content (AvgIpc) is 1.57. The Morgan fingerprint density at radius 3 is 1.34 bits per heavy atom. The van der Waals surface area contributed by atoms with Gasteiger partial charge in [-0.15, -0.1) is 0 Å². The van der Waals surface area contributed by atoms with Crippen LogP contribution in [0.4, 0.5) is 0 Å². The first-order valence-electron chi connectivity index (χ1n) is 30.9. The summed E-state index contributed by atoms with van der Waals surface area (Å²) in [4.78, 5) is 3.55. The fourth-order valence-electron chi connectivity index (χ4n) is 15.2. The van der Waals surface area contributed by atoms with Gasteiger partial charge in [0.2, 0.25) is 0 Å². The molecule has 0 radical (unpaired) electrons. The number of nitrogens with zero attached hydrogens (tertiary/aromatic N) is 3. The zero-order chi connectivity index (χ0) is 59.6. The van der Waals surface area contributed by atoms with Crippen molar-refractivity contribution < 1.29 is 8.83 Å². The Hall–Kier alpha value is -11.6. The number of benzene rings is 14. The van der Waals surface area contributed by atoms with E-state index in [0.29, 0.717) is 0 Å². The minimum absolute atomic E-state index is 0.905.